The molecule has 1 saturated carbocycles. The summed E-state index contributed by atoms with van der Waals surface area (Å²) in [7, 11) is 0. The first-order valence-electron chi connectivity index (χ1n) is 5.65. The van der Waals surface area contributed by atoms with Crippen LogP contribution in [0.5, 0.6) is 0 Å². The SMILES string of the molecule is Cc1cc(NC(C)(CN)C2CC2)ncc1Br. The summed E-state index contributed by atoms with van der Waals surface area (Å²) >= 11 is 3.45. The molecule has 1 unspecified atom stereocenters. The Morgan fingerprint density at radius 2 is 2.31 bits per heavy atom. The Morgan fingerprint density at radius 3 is 2.81 bits per heavy atom. The van der Waals surface area contributed by atoms with E-state index in [1.165, 1.54) is 18.4 Å². The van der Waals surface area contributed by atoms with Gasteiger partial charge in [0.05, 0.1) is 5.54 Å². The zero-order valence-corrected chi connectivity index (χ0v) is 11.3. The zero-order valence-electron chi connectivity index (χ0n) is 9.76. The molecule has 1 atom stereocenters. The van der Waals surface area contributed by atoms with Crippen molar-refractivity contribution < 1.29 is 0 Å². The molecule has 1 heterocycles. The number of aromatic nitrogens is 1. The number of rotatable bonds is 4. The number of nitrogens with one attached hydrogen (secondary N) is 1. The molecule has 1 aliphatic carbocycles. The van der Waals surface area contributed by atoms with Gasteiger partial charge in [0.15, 0.2) is 0 Å². The molecule has 0 aliphatic heterocycles. The third-order valence-corrected chi connectivity index (χ3v) is 4.19. The van der Waals surface area contributed by atoms with Crippen molar-refractivity contribution in [1.82, 2.24) is 4.98 Å². The Morgan fingerprint density at radius 1 is 1.62 bits per heavy atom. The molecule has 0 aromatic carbocycles. The van der Waals surface area contributed by atoms with Crippen molar-refractivity contribution in [1.29, 1.82) is 0 Å². The number of anilines is 1. The lowest BCUT2D eigenvalue weighted by atomic mass is 9.96. The molecular formula is C12H18BrN3. The van der Waals surface area contributed by atoms with Gasteiger partial charge in [-0.2, -0.15) is 0 Å². The van der Waals surface area contributed by atoms with Gasteiger partial charge in [0.25, 0.3) is 0 Å². The number of aryl methyl sites for hydroxylation is 1. The molecule has 1 aliphatic rings. The molecule has 1 aromatic heterocycles. The Kier molecular flexibility index (Phi) is 3.22. The average Bonchev–Trinajstić information content (AvgIpc) is 3.07. The fourth-order valence-corrected chi connectivity index (χ4v) is 2.16. The van der Waals surface area contributed by atoms with Crippen LogP contribution in [-0.4, -0.2) is 17.1 Å². The zero-order chi connectivity index (χ0) is 11.8. The van der Waals surface area contributed by atoms with Crippen molar-refractivity contribution in [3.05, 3.63) is 22.3 Å². The number of nitrogens with zero attached hydrogens (tertiary/aromatic N) is 1. The van der Waals surface area contributed by atoms with Gasteiger partial charge < -0.3 is 11.1 Å². The summed E-state index contributed by atoms with van der Waals surface area (Å²) in [5, 5.41) is 3.48. The first kappa shape index (κ1) is 11.9. The van der Waals surface area contributed by atoms with Crippen LogP contribution >= 0.6 is 15.9 Å². The smallest absolute Gasteiger partial charge is 0.126 e. The lowest BCUT2D eigenvalue weighted by Crippen LogP contribution is -2.44. The van der Waals surface area contributed by atoms with E-state index in [2.05, 4.69) is 46.1 Å². The van der Waals surface area contributed by atoms with E-state index in [0.717, 1.165) is 10.3 Å². The molecule has 3 nitrogen and oxygen atoms in total. The van der Waals surface area contributed by atoms with Gasteiger partial charge in [-0.15, -0.1) is 0 Å². The Hall–Kier alpha value is -0.610. The largest absolute Gasteiger partial charge is 0.363 e. The van der Waals surface area contributed by atoms with Crippen LogP contribution in [0.2, 0.25) is 0 Å². The van der Waals surface area contributed by atoms with E-state index in [4.69, 9.17) is 5.73 Å². The summed E-state index contributed by atoms with van der Waals surface area (Å²) in [5.74, 6) is 1.61. The summed E-state index contributed by atoms with van der Waals surface area (Å²) in [6.45, 7) is 4.89. The van der Waals surface area contributed by atoms with Crippen LogP contribution in [0.3, 0.4) is 0 Å². The second kappa shape index (κ2) is 4.34. The molecule has 0 radical (unpaired) electrons. The number of hydrogen-bond acceptors (Lipinski definition) is 3. The predicted octanol–water partition coefficient (Wildman–Crippen LogP) is 2.69. The third kappa shape index (κ3) is 2.38. The van der Waals surface area contributed by atoms with Gasteiger partial charge in [0, 0.05) is 17.2 Å². The molecule has 2 rings (SSSR count). The maximum atomic E-state index is 5.86. The minimum Gasteiger partial charge on any atom is -0.363 e. The quantitative estimate of drug-likeness (QED) is 0.893. The van der Waals surface area contributed by atoms with Crippen molar-refractivity contribution in [2.45, 2.75) is 32.2 Å². The number of hydrogen-bond donors (Lipinski definition) is 2. The van der Waals surface area contributed by atoms with Gasteiger partial charge in [-0.1, -0.05) is 0 Å². The molecule has 0 amide bonds. The molecule has 1 fully saturated rings. The Bertz CT molecular complexity index is 390. The fourth-order valence-electron chi connectivity index (χ4n) is 1.94. The monoisotopic (exact) mass is 283 g/mol. The van der Waals surface area contributed by atoms with Crippen LogP contribution in [0.4, 0.5) is 5.82 Å². The van der Waals surface area contributed by atoms with Gasteiger partial charge in [-0.25, -0.2) is 4.98 Å². The minimum atomic E-state index is -0.00668. The lowest BCUT2D eigenvalue weighted by molar-refractivity contribution is 0.458. The Balaban J connectivity index is 2.15. The standard InChI is InChI=1S/C12H18BrN3/c1-8-5-11(15-6-10(8)13)16-12(2,7-14)9-3-4-9/h5-6,9H,3-4,7,14H2,1-2H3,(H,15,16). The van der Waals surface area contributed by atoms with Crippen molar-refractivity contribution in [3.8, 4) is 0 Å². The normalized spacial score (nSPS) is 19.2. The average molecular weight is 284 g/mol. The van der Waals surface area contributed by atoms with Crippen LogP contribution < -0.4 is 11.1 Å². The van der Waals surface area contributed by atoms with E-state index in [1.54, 1.807) is 0 Å². The first-order chi connectivity index (χ1) is 7.55. The van der Waals surface area contributed by atoms with Gasteiger partial charge in [0.1, 0.15) is 5.82 Å². The van der Waals surface area contributed by atoms with E-state index in [0.29, 0.717) is 12.5 Å². The lowest BCUT2D eigenvalue weighted by Gasteiger charge is -2.30. The maximum Gasteiger partial charge on any atom is 0.126 e. The topological polar surface area (TPSA) is 50.9 Å². The highest BCUT2D eigenvalue weighted by Gasteiger charge is 2.40. The molecule has 0 saturated heterocycles. The van der Waals surface area contributed by atoms with E-state index < -0.39 is 0 Å². The fraction of sp³-hybridized carbons (Fsp3) is 0.583. The van der Waals surface area contributed by atoms with Crippen LogP contribution in [0.1, 0.15) is 25.3 Å². The number of nitrogens with two attached hydrogens (primary N) is 1. The van der Waals surface area contributed by atoms with Crippen molar-refractivity contribution in [2.24, 2.45) is 11.7 Å². The molecule has 88 valence electrons. The second-order valence-electron chi connectivity index (χ2n) is 4.84. The highest BCUT2D eigenvalue weighted by atomic mass is 79.9. The molecule has 0 bridgehead atoms. The van der Waals surface area contributed by atoms with E-state index in [-0.39, 0.29) is 5.54 Å². The van der Waals surface area contributed by atoms with Crippen LogP contribution in [0.25, 0.3) is 0 Å². The highest BCUT2D eigenvalue weighted by molar-refractivity contribution is 9.10. The summed E-state index contributed by atoms with van der Waals surface area (Å²) in [5.41, 5.74) is 7.05. The van der Waals surface area contributed by atoms with Crippen LogP contribution in [-0.2, 0) is 0 Å². The van der Waals surface area contributed by atoms with Crippen molar-refractivity contribution in [3.63, 3.8) is 0 Å². The van der Waals surface area contributed by atoms with E-state index in [1.807, 2.05) is 6.20 Å². The van der Waals surface area contributed by atoms with E-state index in [9.17, 15) is 0 Å². The maximum absolute atomic E-state index is 5.86. The molecular weight excluding hydrogens is 266 g/mol. The van der Waals surface area contributed by atoms with Gasteiger partial charge in [0.2, 0.25) is 0 Å². The number of halogens is 1. The number of pyridine rings is 1. The molecule has 4 heteroatoms. The summed E-state index contributed by atoms with van der Waals surface area (Å²) in [6, 6.07) is 2.06. The third-order valence-electron chi connectivity index (χ3n) is 3.36. The molecule has 0 spiro atoms. The van der Waals surface area contributed by atoms with Gasteiger partial charge in [-0.3, -0.25) is 0 Å². The summed E-state index contributed by atoms with van der Waals surface area (Å²) < 4.78 is 1.04. The molecule has 16 heavy (non-hydrogen) atoms. The second-order valence-corrected chi connectivity index (χ2v) is 5.69. The predicted molar refractivity (Wildman–Crippen MR) is 70.5 cm³/mol. The van der Waals surface area contributed by atoms with Gasteiger partial charge >= 0.3 is 0 Å². The molecule has 3 N–H and O–H groups in total. The summed E-state index contributed by atoms with van der Waals surface area (Å²) in [4.78, 5) is 4.37. The van der Waals surface area contributed by atoms with Crippen LogP contribution in [0.15, 0.2) is 16.7 Å². The van der Waals surface area contributed by atoms with Crippen molar-refractivity contribution >= 4 is 21.7 Å². The van der Waals surface area contributed by atoms with E-state index >= 15 is 0 Å². The van der Waals surface area contributed by atoms with Gasteiger partial charge in [-0.05, 0) is 60.2 Å². The summed E-state index contributed by atoms with van der Waals surface area (Å²) in [6.07, 6.45) is 4.38. The van der Waals surface area contributed by atoms with Crippen LogP contribution in [0, 0.1) is 12.8 Å². The first-order valence-corrected chi connectivity index (χ1v) is 6.45. The molecule has 1 aromatic rings. The highest BCUT2D eigenvalue weighted by Crippen LogP contribution is 2.40. The minimum absolute atomic E-state index is 0.00668. The Labute approximate surface area is 105 Å². The van der Waals surface area contributed by atoms with Crippen molar-refractivity contribution in [2.75, 3.05) is 11.9 Å².